The minimum Gasteiger partial charge on any atom is -0.314 e. The van der Waals surface area contributed by atoms with Crippen molar-refractivity contribution in [2.75, 3.05) is 6.54 Å². The van der Waals surface area contributed by atoms with E-state index < -0.39 is 0 Å². The van der Waals surface area contributed by atoms with Gasteiger partial charge >= 0.3 is 0 Å². The summed E-state index contributed by atoms with van der Waals surface area (Å²) in [4.78, 5) is 0. The summed E-state index contributed by atoms with van der Waals surface area (Å²) in [6.45, 7) is 1.02. The number of thiophene rings is 1. The molecule has 0 atom stereocenters. The SMILES string of the molecule is Fc1ccccc1C1CC(NCCc2ccsc2)C1. The third kappa shape index (κ3) is 3.04. The number of halogens is 1. The lowest BCUT2D eigenvalue weighted by Crippen LogP contribution is -2.41. The highest BCUT2D eigenvalue weighted by atomic mass is 32.1. The summed E-state index contributed by atoms with van der Waals surface area (Å²) < 4.78 is 13.6. The minimum atomic E-state index is -0.0516. The van der Waals surface area contributed by atoms with Crippen LogP contribution >= 0.6 is 11.3 Å². The Kier molecular flexibility index (Phi) is 3.95. The van der Waals surface area contributed by atoms with E-state index in [4.69, 9.17) is 0 Å². The van der Waals surface area contributed by atoms with Gasteiger partial charge in [-0.05, 0) is 65.7 Å². The standard InChI is InChI=1S/C16H18FNS/c17-16-4-2-1-3-15(16)13-9-14(10-13)18-7-5-12-6-8-19-11-12/h1-4,6,8,11,13-14,18H,5,7,9-10H2. The Hall–Kier alpha value is -1.19. The van der Waals surface area contributed by atoms with Crippen LogP contribution in [0.15, 0.2) is 41.1 Å². The molecule has 0 bridgehead atoms. The van der Waals surface area contributed by atoms with Crippen molar-refractivity contribution in [1.82, 2.24) is 5.32 Å². The van der Waals surface area contributed by atoms with Gasteiger partial charge in [-0.15, -0.1) is 0 Å². The van der Waals surface area contributed by atoms with E-state index in [0.717, 1.165) is 31.4 Å². The fraction of sp³-hybridized carbons (Fsp3) is 0.375. The minimum absolute atomic E-state index is 0.0516. The molecule has 1 heterocycles. The van der Waals surface area contributed by atoms with Crippen LogP contribution in [0.5, 0.6) is 0 Å². The van der Waals surface area contributed by atoms with E-state index in [-0.39, 0.29) is 5.82 Å². The molecule has 1 aromatic carbocycles. The number of nitrogens with one attached hydrogen (secondary N) is 1. The molecule has 1 fully saturated rings. The largest absolute Gasteiger partial charge is 0.314 e. The highest BCUT2D eigenvalue weighted by molar-refractivity contribution is 7.07. The molecular weight excluding hydrogens is 257 g/mol. The molecule has 3 heteroatoms. The number of hydrogen-bond acceptors (Lipinski definition) is 2. The van der Waals surface area contributed by atoms with Crippen molar-refractivity contribution in [2.24, 2.45) is 0 Å². The molecule has 0 spiro atoms. The van der Waals surface area contributed by atoms with E-state index in [2.05, 4.69) is 22.1 Å². The molecule has 100 valence electrons. The first-order chi connectivity index (χ1) is 9.33. The van der Waals surface area contributed by atoms with Crippen LogP contribution in [0.2, 0.25) is 0 Å². The summed E-state index contributed by atoms with van der Waals surface area (Å²) in [7, 11) is 0. The average Bonchev–Trinajstić information content (AvgIpc) is 2.87. The Bertz CT molecular complexity index is 517. The van der Waals surface area contributed by atoms with Gasteiger partial charge in [0.05, 0.1) is 0 Å². The lowest BCUT2D eigenvalue weighted by molar-refractivity contribution is 0.287. The molecule has 0 saturated heterocycles. The molecule has 19 heavy (non-hydrogen) atoms. The predicted molar refractivity (Wildman–Crippen MR) is 78.2 cm³/mol. The molecule has 1 aromatic heterocycles. The molecule has 0 aliphatic heterocycles. The van der Waals surface area contributed by atoms with Crippen molar-refractivity contribution in [3.63, 3.8) is 0 Å². The van der Waals surface area contributed by atoms with Gasteiger partial charge in [0.15, 0.2) is 0 Å². The summed E-state index contributed by atoms with van der Waals surface area (Å²) >= 11 is 1.75. The normalized spacial score (nSPS) is 22.2. The van der Waals surface area contributed by atoms with E-state index >= 15 is 0 Å². The smallest absolute Gasteiger partial charge is 0.126 e. The Morgan fingerprint density at radius 2 is 2.05 bits per heavy atom. The van der Waals surface area contributed by atoms with Crippen LogP contribution in [0.3, 0.4) is 0 Å². The van der Waals surface area contributed by atoms with Crippen molar-refractivity contribution in [1.29, 1.82) is 0 Å². The van der Waals surface area contributed by atoms with Gasteiger partial charge in [0.1, 0.15) is 5.82 Å². The topological polar surface area (TPSA) is 12.0 Å². The molecular formula is C16H18FNS. The van der Waals surface area contributed by atoms with Crippen LogP contribution in [0.4, 0.5) is 4.39 Å². The first kappa shape index (κ1) is 12.8. The van der Waals surface area contributed by atoms with Gasteiger partial charge in [-0.2, -0.15) is 11.3 Å². The summed E-state index contributed by atoms with van der Waals surface area (Å²) in [5.74, 6) is 0.351. The zero-order chi connectivity index (χ0) is 13.1. The zero-order valence-electron chi connectivity index (χ0n) is 10.8. The number of rotatable bonds is 5. The van der Waals surface area contributed by atoms with Crippen LogP contribution in [-0.2, 0) is 6.42 Å². The van der Waals surface area contributed by atoms with E-state index in [9.17, 15) is 4.39 Å². The van der Waals surface area contributed by atoms with Gasteiger partial charge in [-0.1, -0.05) is 18.2 Å². The second kappa shape index (κ2) is 5.85. The van der Waals surface area contributed by atoms with E-state index in [1.165, 1.54) is 5.56 Å². The maximum Gasteiger partial charge on any atom is 0.126 e. The maximum absolute atomic E-state index is 13.6. The quantitative estimate of drug-likeness (QED) is 0.870. The predicted octanol–water partition coefficient (Wildman–Crippen LogP) is 3.97. The van der Waals surface area contributed by atoms with Gasteiger partial charge in [0, 0.05) is 6.04 Å². The molecule has 2 aromatic rings. The molecule has 1 saturated carbocycles. The van der Waals surface area contributed by atoms with Crippen molar-refractivity contribution in [3.8, 4) is 0 Å². The van der Waals surface area contributed by atoms with Crippen molar-refractivity contribution in [2.45, 2.75) is 31.2 Å². The monoisotopic (exact) mass is 275 g/mol. The van der Waals surface area contributed by atoms with E-state index in [1.54, 1.807) is 23.5 Å². The molecule has 1 aliphatic carbocycles. The number of benzene rings is 1. The zero-order valence-corrected chi connectivity index (χ0v) is 11.6. The van der Waals surface area contributed by atoms with Crippen molar-refractivity contribution < 1.29 is 4.39 Å². The molecule has 0 unspecified atom stereocenters. The summed E-state index contributed by atoms with van der Waals surface area (Å²) in [6.07, 6.45) is 3.21. The third-order valence-corrected chi connectivity index (χ3v) is 4.64. The van der Waals surface area contributed by atoms with Crippen molar-refractivity contribution >= 4 is 11.3 Å². The molecule has 0 radical (unpaired) electrons. The lowest BCUT2D eigenvalue weighted by atomic mass is 9.75. The summed E-state index contributed by atoms with van der Waals surface area (Å²) in [5.41, 5.74) is 2.29. The van der Waals surface area contributed by atoms with Crippen LogP contribution in [0.1, 0.15) is 29.9 Å². The Morgan fingerprint density at radius 1 is 1.21 bits per heavy atom. The van der Waals surface area contributed by atoms with Gasteiger partial charge in [-0.25, -0.2) is 4.39 Å². The molecule has 1 aliphatic rings. The molecule has 0 amide bonds. The fourth-order valence-electron chi connectivity index (χ4n) is 2.70. The Balaban J connectivity index is 1.42. The average molecular weight is 275 g/mol. The fourth-order valence-corrected chi connectivity index (χ4v) is 3.40. The van der Waals surface area contributed by atoms with Crippen LogP contribution in [-0.4, -0.2) is 12.6 Å². The highest BCUT2D eigenvalue weighted by Gasteiger charge is 2.31. The second-order valence-electron chi connectivity index (χ2n) is 5.22. The second-order valence-corrected chi connectivity index (χ2v) is 6.00. The lowest BCUT2D eigenvalue weighted by Gasteiger charge is -2.36. The van der Waals surface area contributed by atoms with E-state index in [1.807, 2.05) is 12.1 Å². The molecule has 1 nitrogen and oxygen atoms in total. The first-order valence-corrected chi connectivity index (χ1v) is 7.76. The molecule has 3 rings (SSSR count). The van der Waals surface area contributed by atoms with Crippen LogP contribution in [0, 0.1) is 5.82 Å². The Morgan fingerprint density at radius 3 is 2.79 bits per heavy atom. The van der Waals surface area contributed by atoms with Gasteiger partial charge in [0.25, 0.3) is 0 Å². The van der Waals surface area contributed by atoms with Gasteiger partial charge in [-0.3, -0.25) is 0 Å². The van der Waals surface area contributed by atoms with Gasteiger partial charge < -0.3 is 5.32 Å². The third-order valence-electron chi connectivity index (χ3n) is 3.91. The Labute approximate surface area is 117 Å². The first-order valence-electron chi connectivity index (χ1n) is 6.82. The maximum atomic E-state index is 13.6. The van der Waals surface area contributed by atoms with Crippen molar-refractivity contribution in [3.05, 3.63) is 58.0 Å². The number of hydrogen-bond donors (Lipinski definition) is 1. The summed E-state index contributed by atoms with van der Waals surface area (Å²) in [6, 6.07) is 9.90. The van der Waals surface area contributed by atoms with Crippen LogP contribution < -0.4 is 5.32 Å². The molecule has 1 N–H and O–H groups in total. The summed E-state index contributed by atoms with van der Waals surface area (Å²) in [5, 5.41) is 7.88. The van der Waals surface area contributed by atoms with Gasteiger partial charge in [0.2, 0.25) is 0 Å². The highest BCUT2D eigenvalue weighted by Crippen LogP contribution is 2.37. The van der Waals surface area contributed by atoms with Crippen LogP contribution in [0.25, 0.3) is 0 Å². The van der Waals surface area contributed by atoms with E-state index in [0.29, 0.717) is 12.0 Å².